The predicted molar refractivity (Wildman–Crippen MR) is 54.7 cm³/mol. The van der Waals surface area contributed by atoms with Crippen LogP contribution in [-0.4, -0.2) is 28.0 Å². The molecule has 0 saturated heterocycles. The minimum atomic E-state index is -0.257. The molecule has 0 heterocycles. The van der Waals surface area contributed by atoms with E-state index in [0.29, 0.717) is 6.42 Å². The van der Waals surface area contributed by atoms with E-state index in [1.54, 1.807) is 18.7 Å². The number of nitrogens with one attached hydrogen (secondary N) is 1. The SMILES string of the molecule is CC(O)C(C)SCCCC(=N)N. The number of amidine groups is 1. The van der Waals surface area contributed by atoms with Crippen molar-refractivity contribution >= 4 is 17.6 Å². The minimum absolute atomic E-state index is 0.250. The van der Waals surface area contributed by atoms with Gasteiger partial charge >= 0.3 is 0 Å². The fourth-order valence-corrected chi connectivity index (χ4v) is 1.63. The van der Waals surface area contributed by atoms with Gasteiger partial charge in [0.2, 0.25) is 0 Å². The Hall–Kier alpha value is -0.220. The van der Waals surface area contributed by atoms with Crippen molar-refractivity contribution in [2.45, 2.75) is 38.0 Å². The van der Waals surface area contributed by atoms with Gasteiger partial charge in [-0.2, -0.15) is 11.8 Å². The first-order valence-electron chi connectivity index (χ1n) is 4.16. The van der Waals surface area contributed by atoms with Crippen LogP contribution >= 0.6 is 11.8 Å². The molecular weight excluding hydrogens is 172 g/mol. The Morgan fingerprint density at radius 1 is 1.58 bits per heavy atom. The molecule has 0 radical (unpaired) electrons. The molecule has 0 spiro atoms. The highest BCUT2D eigenvalue weighted by molar-refractivity contribution is 7.99. The summed E-state index contributed by atoms with van der Waals surface area (Å²) in [5.74, 6) is 1.21. The zero-order valence-corrected chi connectivity index (χ0v) is 8.53. The van der Waals surface area contributed by atoms with Crippen molar-refractivity contribution in [3.8, 4) is 0 Å². The number of aliphatic hydroxyl groups is 1. The Labute approximate surface area is 78.2 Å². The van der Waals surface area contributed by atoms with Gasteiger partial charge in [0.1, 0.15) is 0 Å². The maximum absolute atomic E-state index is 9.14. The number of thioether (sulfide) groups is 1. The Kier molecular flexibility index (Phi) is 6.20. The molecule has 3 nitrogen and oxygen atoms in total. The zero-order valence-electron chi connectivity index (χ0n) is 7.71. The minimum Gasteiger partial charge on any atom is -0.392 e. The third kappa shape index (κ3) is 6.49. The zero-order chi connectivity index (χ0) is 9.56. The van der Waals surface area contributed by atoms with Crippen molar-refractivity contribution in [1.82, 2.24) is 0 Å². The molecule has 0 aliphatic heterocycles. The van der Waals surface area contributed by atoms with Gasteiger partial charge in [0.05, 0.1) is 11.9 Å². The summed E-state index contributed by atoms with van der Waals surface area (Å²) in [4.78, 5) is 0. The number of nitrogens with two attached hydrogens (primary N) is 1. The molecule has 0 aliphatic carbocycles. The third-order valence-corrected chi connectivity index (χ3v) is 3.09. The Morgan fingerprint density at radius 2 is 2.17 bits per heavy atom. The van der Waals surface area contributed by atoms with Gasteiger partial charge in [0.15, 0.2) is 0 Å². The summed E-state index contributed by atoms with van der Waals surface area (Å²) in [6, 6.07) is 0. The first-order chi connectivity index (χ1) is 5.54. The van der Waals surface area contributed by atoms with E-state index in [1.165, 1.54) is 0 Å². The van der Waals surface area contributed by atoms with Crippen molar-refractivity contribution in [1.29, 1.82) is 5.41 Å². The molecule has 0 aromatic rings. The third-order valence-electron chi connectivity index (χ3n) is 1.65. The maximum atomic E-state index is 9.14. The summed E-state index contributed by atoms with van der Waals surface area (Å²) in [6.45, 7) is 3.80. The number of hydrogen-bond donors (Lipinski definition) is 3. The van der Waals surface area contributed by atoms with Crippen LogP contribution in [0.2, 0.25) is 0 Å². The van der Waals surface area contributed by atoms with E-state index >= 15 is 0 Å². The molecule has 72 valence electrons. The maximum Gasteiger partial charge on any atom is 0.0905 e. The lowest BCUT2D eigenvalue weighted by Gasteiger charge is -2.13. The first-order valence-corrected chi connectivity index (χ1v) is 5.21. The molecule has 4 heteroatoms. The molecule has 2 unspecified atom stereocenters. The second-order valence-corrected chi connectivity index (χ2v) is 4.43. The molecule has 4 N–H and O–H groups in total. The summed E-state index contributed by atoms with van der Waals surface area (Å²) in [5, 5.41) is 16.4. The molecule has 0 fully saturated rings. The van der Waals surface area contributed by atoms with Crippen LogP contribution in [0.5, 0.6) is 0 Å². The van der Waals surface area contributed by atoms with Gasteiger partial charge in [0, 0.05) is 11.7 Å². The second-order valence-electron chi connectivity index (χ2n) is 2.95. The molecule has 0 bridgehead atoms. The molecule has 0 amide bonds. The highest BCUT2D eigenvalue weighted by Crippen LogP contribution is 2.15. The standard InChI is InChI=1S/C8H18N2OS/c1-6(11)7(2)12-5-3-4-8(9)10/h6-7,11H,3-5H2,1-2H3,(H3,9,10). The van der Waals surface area contributed by atoms with Crippen molar-refractivity contribution in [2.24, 2.45) is 5.73 Å². The van der Waals surface area contributed by atoms with Crippen LogP contribution in [0.25, 0.3) is 0 Å². The lowest BCUT2D eigenvalue weighted by molar-refractivity contribution is 0.196. The van der Waals surface area contributed by atoms with Gasteiger partial charge in [0.25, 0.3) is 0 Å². The van der Waals surface area contributed by atoms with Gasteiger partial charge in [-0.25, -0.2) is 0 Å². The average molecular weight is 190 g/mol. The summed E-state index contributed by atoms with van der Waals surface area (Å²) < 4.78 is 0. The normalized spacial score (nSPS) is 15.6. The van der Waals surface area contributed by atoms with E-state index in [4.69, 9.17) is 16.2 Å². The topological polar surface area (TPSA) is 70.1 Å². The summed E-state index contributed by atoms with van der Waals surface area (Å²) in [5.41, 5.74) is 5.19. The van der Waals surface area contributed by atoms with E-state index < -0.39 is 0 Å². The Balaban J connectivity index is 3.25. The van der Waals surface area contributed by atoms with Crippen LogP contribution in [0.15, 0.2) is 0 Å². The van der Waals surface area contributed by atoms with Crippen molar-refractivity contribution in [3.05, 3.63) is 0 Å². The van der Waals surface area contributed by atoms with Crippen LogP contribution < -0.4 is 5.73 Å². The fourth-order valence-electron chi connectivity index (χ4n) is 0.671. The van der Waals surface area contributed by atoms with Crippen LogP contribution in [0.3, 0.4) is 0 Å². The number of hydrogen-bond acceptors (Lipinski definition) is 3. The number of rotatable bonds is 6. The van der Waals surface area contributed by atoms with Gasteiger partial charge in [-0.3, -0.25) is 5.41 Å². The van der Waals surface area contributed by atoms with Crippen molar-refractivity contribution in [2.75, 3.05) is 5.75 Å². The molecule has 0 saturated carbocycles. The highest BCUT2D eigenvalue weighted by atomic mass is 32.2. The smallest absolute Gasteiger partial charge is 0.0905 e. The first kappa shape index (κ1) is 11.8. The van der Waals surface area contributed by atoms with E-state index in [2.05, 4.69) is 0 Å². The molecule has 2 atom stereocenters. The van der Waals surface area contributed by atoms with Gasteiger partial charge in [-0.05, 0) is 19.1 Å². The highest BCUT2D eigenvalue weighted by Gasteiger charge is 2.07. The van der Waals surface area contributed by atoms with E-state index in [1.807, 2.05) is 6.92 Å². The van der Waals surface area contributed by atoms with Crippen molar-refractivity contribution in [3.63, 3.8) is 0 Å². The monoisotopic (exact) mass is 190 g/mol. The average Bonchev–Trinajstić information content (AvgIpc) is 1.97. The Morgan fingerprint density at radius 3 is 2.58 bits per heavy atom. The van der Waals surface area contributed by atoms with Gasteiger partial charge < -0.3 is 10.8 Å². The fraction of sp³-hybridized carbons (Fsp3) is 0.875. The van der Waals surface area contributed by atoms with Crippen LogP contribution in [-0.2, 0) is 0 Å². The van der Waals surface area contributed by atoms with Crippen LogP contribution in [0, 0.1) is 5.41 Å². The van der Waals surface area contributed by atoms with Crippen LogP contribution in [0.4, 0.5) is 0 Å². The molecule has 0 aromatic heterocycles. The Bertz CT molecular complexity index is 139. The van der Waals surface area contributed by atoms with Gasteiger partial charge in [-0.1, -0.05) is 6.92 Å². The quantitative estimate of drug-likeness (QED) is 0.335. The lowest BCUT2D eigenvalue weighted by Crippen LogP contribution is -2.16. The lowest BCUT2D eigenvalue weighted by atomic mass is 10.3. The number of aliphatic hydroxyl groups excluding tert-OH is 1. The molecule has 0 rings (SSSR count). The summed E-state index contributed by atoms with van der Waals surface area (Å²) >= 11 is 1.72. The van der Waals surface area contributed by atoms with Crippen molar-refractivity contribution < 1.29 is 5.11 Å². The largest absolute Gasteiger partial charge is 0.392 e. The molecular formula is C8H18N2OS. The molecule has 12 heavy (non-hydrogen) atoms. The van der Waals surface area contributed by atoms with E-state index in [-0.39, 0.29) is 17.2 Å². The molecule has 0 aliphatic rings. The predicted octanol–water partition coefficient (Wildman–Crippen LogP) is 1.21. The van der Waals surface area contributed by atoms with E-state index in [9.17, 15) is 0 Å². The summed E-state index contributed by atoms with van der Waals surface area (Å²) in [6.07, 6.45) is 1.34. The molecule has 0 aromatic carbocycles. The summed E-state index contributed by atoms with van der Waals surface area (Å²) in [7, 11) is 0. The second kappa shape index (κ2) is 6.31. The van der Waals surface area contributed by atoms with E-state index in [0.717, 1.165) is 12.2 Å². The van der Waals surface area contributed by atoms with Gasteiger partial charge in [-0.15, -0.1) is 0 Å². The van der Waals surface area contributed by atoms with Crippen LogP contribution in [0.1, 0.15) is 26.7 Å².